The first-order valence-electron chi connectivity index (χ1n) is 8.73. The highest BCUT2D eigenvalue weighted by Crippen LogP contribution is 2.25. The van der Waals surface area contributed by atoms with E-state index >= 15 is 0 Å². The van der Waals surface area contributed by atoms with Crippen LogP contribution in [0.1, 0.15) is 42.6 Å². The average molecular weight is 362 g/mol. The first-order valence-corrected chi connectivity index (χ1v) is 9.10. The van der Waals surface area contributed by atoms with Crippen molar-refractivity contribution in [1.29, 1.82) is 0 Å². The summed E-state index contributed by atoms with van der Waals surface area (Å²) in [6.45, 7) is 4.86. The largest absolute Gasteiger partial charge is 0.481 e. The van der Waals surface area contributed by atoms with Crippen LogP contribution < -0.4 is 5.32 Å². The zero-order valence-electron chi connectivity index (χ0n) is 14.6. The molecule has 1 aliphatic carbocycles. The second-order valence-electron chi connectivity index (χ2n) is 6.81. The van der Waals surface area contributed by atoms with Crippen molar-refractivity contribution in [3.63, 3.8) is 0 Å². The molecule has 0 radical (unpaired) electrons. The number of carboxylic acids is 1. The average Bonchev–Trinajstić information content (AvgIpc) is 2.88. The quantitative estimate of drug-likeness (QED) is 0.848. The molecule has 1 fully saturated rings. The van der Waals surface area contributed by atoms with Gasteiger partial charge in [0.25, 0.3) is 0 Å². The van der Waals surface area contributed by atoms with Gasteiger partial charge in [0, 0.05) is 28.9 Å². The lowest BCUT2D eigenvalue weighted by atomic mass is 9.86. The van der Waals surface area contributed by atoms with Gasteiger partial charge in [0.15, 0.2) is 0 Å². The van der Waals surface area contributed by atoms with Crippen molar-refractivity contribution in [3.05, 3.63) is 46.2 Å². The molecule has 6 heteroatoms. The van der Waals surface area contributed by atoms with Gasteiger partial charge in [0.2, 0.25) is 0 Å². The summed E-state index contributed by atoms with van der Waals surface area (Å²) in [7, 11) is 0. The fourth-order valence-corrected chi connectivity index (χ4v) is 3.68. The number of nitrogens with one attached hydrogen (secondary N) is 1. The molecule has 0 atom stereocenters. The molecule has 1 aromatic carbocycles. The Balaban J connectivity index is 1.66. The molecular weight excluding hydrogens is 338 g/mol. The van der Waals surface area contributed by atoms with Crippen LogP contribution in [0, 0.1) is 19.8 Å². The van der Waals surface area contributed by atoms with Crippen molar-refractivity contribution in [2.24, 2.45) is 5.92 Å². The Labute approximate surface area is 153 Å². The van der Waals surface area contributed by atoms with Crippen LogP contribution in [0.3, 0.4) is 0 Å². The second kappa shape index (κ2) is 7.58. The van der Waals surface area contributed by atoms with Crippen LogP contribution in [0.15, 0.2) is 24.3 Å². The number of hydrogen-bond acceptors (Lipinski definition) is 3. The minimum Gasteiger partial charge on any atom is -0.481 e. The molecule has 1 aliphatic rings. The molecular formula is C19H24ClN3O2. The van der Waals surface area contributed by atoms with Crippen LogP contribution in [0.25, 0.3) is 5.69 Å². The Hall–Kier alpha value is -1.85. The third kappa shape index (κ3) is 4.05. The lowest BCUT2D eigenvalue weighted by Crippen LogP contribution is -2.34. The molecule has 1 saturated carbocycles. The summed E-state index contributed by atoms with van der Waals surface area (Å²) >= 11 is 5.96. The third-order valence-electron chi connectivity index (χ3n) is 5.16. The number of halogens is 1. The zero-order valence-corrected chi connectivity index (χ0v) is 15.4. The smallest absolute Gasteiger partial charge is 0.306 e. The molecule has 0 unspecified atom stereocenters. The molecule has 1 aromatic heterocycles. The van der Waals surface area contributed by atoms with E-state index in [2.05, 4.69) is 17.3 Å². The van der Waals surface area contributed by atoms with Crippen LogP contribution in [-0.4, -0.2) is 26.9 Å². The molecule has 0 saturated heterocycles. The van der Waals surface area contributed by atoms with Gasteiger partial charge in [-0.05, 0) is 63.8 Å². The summed E-state index contributed by atoms with van der Waals surface area (Å²) < 4.78 is 1.95. The van der Waals surface area contributed by atoms with Crippen LogP contribution in [0.5, 0.6) is 0 Å². The Kier molecular flexibility index (Phi) is 5.45. The summed E-state index contributed by atoms with van der Waals surface area (Å²) in [5.41, 5.74) is 4.33. The van der Waals surface area contributed by atoms with Crippen molar-refractivity contribution >= 4 is 17.6 Å². The topological polar surface area (TPSA) is 67.2 Å². The maximum Gasteiger partial charge on any atom is 0.306 e. The van der Waals surface area contributed by atoms with Gasteiger partial charge in [-0.3, -0.25) is 4.79 Å². The second-order valence-corrected chi connectivity index (χ2v) is 7.24. The number of aliphatic carboxylic acids is 1. The highest BCUT2D eigenvalue weighted by Gasteiger charge is 2.26. The van der Waals surface area contributed by atoms with Gasteiger partial charge in [-0.25, -0.2) is 4.68 Å². The highest BCUT2D eigenvalue weighted by atomic mass is 35.5. The van der Waals surface area contributed by atoms with Crippen molar-refractivity contribution in [1.82, 2.24) is 15.1 Å². The molecule has 25 heavy (non-hydrogen) atoms. The summed E-state index contributed by atoms with van der Waals surface area (Å²) in [4.78, 5) is 11.0. The standard InChI is InChI=1S/C19H24ClN3O2/c1-12-18(11-21-16-7-3-14(4-8-16)19(24)25)13(2)23(22-12)17-9-5-15(20)6-10-17/h5-6,9-10,14,16,21H,3-4,7-8,11H2,1-2H3,(H,24,25). The molecule has 2 N–H and O–H groups in total. The Morgan fingerprint density at radius 1 is 1.24 bits per heavy atom. The number of aromatic nitrogens is 2. The lowest BCUT2D eigenvalue weighted by molar-refractivity contribution is -0.142. The van der Waals surface area contributed by atoms with E-state index in [1.54, 1.807) is 0 Å². The molecule has 5 nitrogen and oxygen atoms in total. The molecule has 134 valence electrons. The van der Waals surface area contributed by atoms with E-state index in [0.29, 0.717) is 11.1 Å². The Morgan fingerprint density at radius 2 is 1.88 bits per heavy atom. The summed E-state index contributed by atoms with van der Waals surface area (Å²) in [5, 5.41) is 18.1. The van der Waals surface area contributed by atoms with Gasteiger partial charge in [-0.2, -0.15) is 5.10 Å². The predicted molar refractivity (Wildman–Crippen MR) is 98.3 cm³/mol. The number of rotatable bonds is 5. The maximum atomic E-state index is 11.0. The van der Waals surface area contributed by atoms with E-state index in [0.717, 1.165) is 49.3 Å². The SMILES string of the molecule is Cc1nn(-c2ccc(Cl)cc2)c(C)c1CNC1CCC(C(=O)O)CC1. The van der Waals surface area contributed by atoms with Crippen molar-refractivity contribution in [2.75, 3.05) is 0 Å². The first-order chi connectivity index (χ1) is 12.0. The van der Waals surface area contributed by atoms with Crippen molar-refractivity contribution < 1.29 is 9.90 Å². The maximum absolute atomic E-state index is 11.0. The van der Waals surface area contributed by atoms with Crippen LogP contribution in [0.4, 0.5) is 0 Å². The van der Waals surface area contributed by atoms with Crippen LogP contribution >= 0.6 is 11.6 Å². The van der Waals surface area contributed by atoms with Gasteiger partial charge in [-0.1, -0.05) is 11.6 Å². The van der Waals surface area contributed by atoms with E-state index in [4.69, 9.17) is 16.7 Å². The summed E-state index contributed by atoms with van der Waals surface area (Å²) in [6, 6.07) is 8.05. The molecule has 0 spiro atoms. The summed E-state index contributed by atoms with van der Waals surface area (Å²) in [6.07, 6.45) is 3.35. The van der Waals surface area contributed by atoms with E-state index in [-0.39, 0.29) is 5.92 Å². The summed E-state index contributed by atoms with van der Waals surface area (Å²) in [5.74, 6) is -0.830. The van der Waals surface area contributed by atoms with Crippen LogP contribution in [-0.2, 0) is 11.3 Å². The molecule has 0 aliphatic heterocycles. The lowest BCUT2D eigenvalue weighted by Gasteiger charge is -2.27. The number of aryl methyl sites for hydroxylation is 1. The fraction of sp³-hybridized carbons (Fsp3) is 0.474. The van der Waals surface area contributed by atoms with E-state index in [1.807, 2.05) is 35.9 Å². The van der Waals surface area contributed by atoms with E-state index in [9.17, 15) is 4.79 Å². The molecule has 2 aromatic rings. The molecule has 0 amide bonds. The number of hydrogen-bond donors (Lipinski definition) is 2. The van der Waals surface area contributed by atoms with E-state index < -0.39 is 5.97 Å². The predicted octanol–water partition coefficient (Wildman–Crippen LogP) is 3.88. The van der Waals surface area contributed by atoms with Gasteiger partial charge in [-0.15, -0.1) is 0 Å². The molecule has 1 heterocycles. The zero-order chi connectivity index (χ0) is 18.0. The fourth-order valence-electron chi connectivity index (χ4n) is 3.56. The molecule has 3 rings (SSSR count). The number of carbonyl (C=O) groups is 1. The highest BCUT2D eigenvalue weighted by molar-refractivity contribution is 6.30. The minimum absolute atomic E-state index is 0.172. The Morgan fingerprint density at radius 3 is 2.48 bits per heavy atom. The molecule has 0 bridgehead atoms. The first kappa shape index (κ1) is 18.0. The van der Waals surface area contributed by atoms with Gasteiger partial charge in [0.05, 0.1) is 17.3 Å². The number of carboxylic acid groups (broad SMARTS) is 1. The van der Waals surface area contributed by atoms with Gasteiger partial charge in [0.1, 0.15) is 0 Å². The van der Waals surface area contributed by atoms with Crippen molar-refractivity contribution in [2.45, 2.75) is 52.1 Å². The number of nitrogens with zero attached hydrogens (tertiary/aromatic N) is 2. The van der Waals surface area contributed by atoms with Gasteiger partial charge >= 0.3 is 5.97 Å². The van der Waals surface area contributed by atoms with Gasteiger partial charge < -0.3 is 10.4 Å². The van der Waals surface area contributed by atoms with Crippen LogP contribution in [0.2, 0.25) is 5.02 Å². The number of benzene rings is 1. The van der Waals surface area contributed by atoms with Crippen molar-refractivity contribution in [3.8, 4) is 5.69 Å². The third-order valence-corrected chi connectivity index (χ3v) is 5.41. The minimum atomic E-state index is -0.658. The monoisotopic (exact) mass is 361 g/mol. The Bertz CT molecular complexity index is 747. The van der Waals surface area contributed by atoms with E-state index in [1.165, 1.54) is 5.56 Å². The normalized spacial score (nSPS) is 20.6.